The first-order valence-corrected chi connectivity index (χ1v) is 9.17. The van der Waals surface area contributed by atoms with Crippen LogP contribution in [-0.4, -0.2) is 11.8 Å². The number of rotatable bonds is 7. The van der Waals surface area contributed by atoms with Crippen LogP contribution < -0.4 is 10.6 Å². The van der Waals surface area contributed by atoms with Crippen LogP contribution in [0.1, 0.15) is 17.5 Å². The van der Waals surface area contributed by atoms with Gasteiger partial charge < -0.3 is 10.6 Å². The average molecular weight is 370 g/mol. The molecule has 0 atom stereocenters. The number of aryl methyl sites for hydroxylation is 1. The lowest BCUT2D eigenvalue weighted by Gasteiger charge is -2.07. The van der Waals surface area contributed by atoms with Gasteiger partial charge in [0.2, 0.25) is 11.8 Å². The van der Waals surface area contributed by atoms with Crippen molar-refractivity contribution in [3.05, 3.63) is 102 Å². The molecule has 2 N–H and O–H groups in total. The van der Waals surface area contributed by atoms with Gasteiger partial charge in [0.15, 0.2) is 0 Å². The third-order valence-electron chi connectivity index (χ3n) is 4.15. The van der Waals surface area contributed by atoms with Crippen molar-refractivity contribution in [1.29, 1.82) is 0 Å². The molecule has 0 heterocycles. The minimum absolute atomic E-state index is 0.0357. The maximum Gasteiger partial charge on any atom is 0.248 e. The zero-order valence-corrected chi connectivity index (χ0v) is 15.5. The van der Waals surface area contributed by atoms with E-state index in [0.717, 1.165) is 11.1 Å². The standard InChI is InChI=1S/C24H22N2O2/c27-23(17-11-19-7-3-1-4-8-19)25-21-13-15-22(16-14-21)26-24(28)18-12-20-9-5-2-6-10-20/h1-11,13-17H,12,18H2,(H,25,27)(H,26,28)/b17-11+. The van der Waals surface area contributed by atoms with E-state index >= 15 is 0 Å². The molecule has 3 aromatic carbocycles. The van der Waals surface area contributed by atoms with E-state index in [0.29, 0.717) is 24.2 Å². The van der Waals surface area contributed by atoms with E-state index < -0.39 is 0 Å². The van der Waals surface area contributed by atoms with Crippen molar-refractivity contribution >= 4 is 29.3 Å². The van der Waals surface area contributed by atoms with Gasteiger partial charge in [0.1, 0.15) is 0 Å². The lowest BCUT2D eigenvalue weighted by atomic mass is 10.1. The molecule has 0 saturated heterocycles. The lowest BCUT2D eigenvalue weighted by Crippen LogP contribution is -2.12. The summed E-state index contributed by atoms with van der Waals surface area (Å²) >= 11 is 0. The Labute approximate surface area is 164 Å². The van der Waals surface area contributed by atoms with Crippen LogP contribution in [0.25, 0.3) is 6.08 Å². The minimum Gasteiger partial charge on any atom is -0.326 e. The molecule has 0 bridgehead atoms. The highest BCUT2D eigenvalue weighted by Crippen LogP contribution is 2.14. The van der Waals surface area contributed by atoms with Crippen molar-refractivity contribution in [2.24, 2.45) is 0 Å². The zero-order valence-electron chi connectivity index (χ0n) is 15.5. The second kappa shape index (κ2) is 9.88. The lowest BCUT2D eigenvalue weighted by molar-refractivity contribution is -0.116. The van der Waals surface area contributed by atoms with Crippen molar-refractivity contribution in [2.45, 2.75) is 12.8 Å². The fraction of sp³-hybridized carbons (Fsp3) is 0.0833. The number of carbonyl (C=O) groups excluding carboxylic acids is 2. The molecule has 0 fully saturated rings. The second-order valence-electron chi connectivity index (χ2n) is 6.34. The van der Waals surface area contributed by atoms with E-state index in [1.54, 1.807) is 30.3 Å². The van der Waals surface area contributed by atoms with Gasteiger partial charge in [0.05, 0.1) is 0 Å². The van der Waals surface area contributed by atoms with Crippen LogP contribution in [0.3, 0.4) is 0 Å². The van der Waals surface area contributed by atoms with Crippen molar-refractivity contribution < 1.29 is 9.59 Å². The molecule has 0 aliphatic carbocycles. The summed E-state index contributed by atoms with van der Waals surface area (Å²) in [6.07, 6.45) is 4.38. The van der Waals surface area contributed by atoms with Gasteiger partial charge in [-0.3, -0.25) is 9.59 Å². The van der Waals surface area contributed by atoms with Gasteiger partial charge in [-0.25, -0.2) is 0 Å². The Morgan fingerprint density at radius 3 is 1.93 bits per heavy atom. The topological polar surface area (TPSA) is 58.2 Å². The van der Waals surface area contributed by atoms with Gasteiger partial charge in [-0.05, 0) is 47.9 Å². The van der Waals surface area contributed by atoms with Crippen LogP contribution in [0.5, 0.6) is 0 Å². The molecule has 0 aliphatic rings. The summed E-state index contributed by atoms with van der Waals surface area (Å²) in [5.74, 6) is -0.241. The first-order chi connectivity index (χ1) is 13.7. The second-order valence-corrected chi connectivity index (χ2v) is 6.34. The summed E-state index contributed by atoms with van der Waals surface area (Å²) in [7, 11) is 0. The summed E-state index contributed by atoms with van der Waals surface area (Å²) in [5, 5.41) is 5.67. The molecule has 4 heteroatoms. The molecule has 0 unspecified atom stereocenters. The largest absolute Gasteiger partial charge is 0.326 e. The average Bonchev–Trinajstić information content (AvgIpc) is 2.74. The molecule has 3 rings (SSSR count). The van der Waals surface area contributed by atoms with E-state index in [4.69, 9.17) is 0 Å². The van der Waals surface area contributed by atoms with Gasteiger partial charge in [0.25, 0.3) is 0 Å². The number of hydrogen-bond donors (Lipinski definition) is 2. The first-order valence-electron chi connectivity index (χ1n) is 9.17. The molecule has 0 spiro atoms. The summed E-state index contributed by atoms with van der Waals surface area (Å²) < 4.78 is 0. The fourth-order valence-corrected chi connectivity index (χ4v) is 2.68. The van der Waals surface area contributed by atoms with E-state index in [1.165, 1.54) is 6.08 Å². The minimum atomic E-state index is -0.205. The van der Waals surface area contributed by atoms with Gasteiger partial charge in [0, 0.05) is 23.9 Å². The molecule has 4 nitrogen and oxygen atoms in total. The highest BCUT2D eigenvalue weighted by atomic mass is 16.2. The highest BCUT2D eigenvalue weighted by molar-refractivity contribution is 6.02. The highest BCUT2D eigenvalue weighted by Gasteiger charge is 2.04. The number of benzene rings is 3. The Morgan fingerprint density at radius 1 is 0.714 bits per heavy atom. The van der Waals surface area contributed by atoms with Crippen molar-refractivity contribution in [2.75, 3.05) is 10.6 Å². The van der Waals surface area contributed by atoms with Crippen molar-refractivity contribution in [1.82, 2.24) is 0 Å². The van der Waals surface area contributed by atoms with Crippen molar-refractivity contribution in [3.8, 4) is 0 Å². The SMILES string of the molecule is O=C(/C=C/c1ccccc1)Nc1ccc(NC(=O)CCc2ccccc2)cc1. The predicted octanol–water partition coefficient (Wildman–Crippen LogP) is 4.91. The fourth-order valence-electron chi connectivity index (χ4n) is 2.68. The molecule has 28 heavy (non-hydrogen) atoms. The molecule has 0 aromatic heterocycles. The molecule has 3 aromatic rings. The number of nitrogens with one attached hydrogen (secondary N) is 2. The van der Waals surface area contributed by atoms with E-state index in [-0.39, 0.29) is 11.8 Å². The summed E-state index contributed by atoms with van der Waals surface area (Å²) in [5.41, 5.74) is 3.48. The Morgan fingerprint density at radius 2 is 1.29 bits per heavy atom. The van der Waals surface area contributed by atoms with Gasteiger partial charge in [-0.15, -0.1) is 0 Å². The quantitative estimate of drug-likeness (QED) is 0.581. The smallest absolute Gasteiger partial charge is 0.248 e. The van der Waals surface area contributed by atoms with Crippen LogP contribution in [0.15, 0.2) is 91.0 Å². The van der Waals surface area contributed by atoms with Crippen LogP contribution >= 0.6 is 0 Å². The maximum absolute atomic E-state index is 12.1. The van der Waals surface area contributed by atoms with Crippen LogP contribution in [0.2, 0.25) is 0 Å². The normalized spacial score (nSPS) is 10.6. The summed E-state index contributed by atoms with van der Waals surface area (Å²) in [6.45, 7) is 0. The Kier molecular flexibility index (Phi) is 6.74. The van der Waals surface area contributed by atoms with Gasteiger partial charge >= 0.3 is 0 Å². The molecule has 0 aliphatic heterocycles. The van der Waals surface area contributed by atoms with Crippen molar-refractivity contribution in [3.63, 3.8) is 0 Å². The van der Waals surface area contributed by atoms with Crippen LogP contribution in [-0.2, 0) is 16.0 Å². The number of anilines is 2. The van der Waals surface area contributed by atoms with Crippen LogP contribution in [0, 0.1) is 0 Å². The number of amides is 2. The zero-order chi connectivity index (χ0) is 19.6. The monoisotopic (exact) mass is 370 g/mol. The van der Waals surface area contributed by atoms with E-state index in [9.17, 15) is 9.59 Å². The predicted molar refractivity (Wildman–Crippen MR) is 114 cm³/mol. The number of hydrogen-bond acceptors (Lipinski definition) is 2. The van der Waals surface area contributed by atoms with Gasteiger partial charge in [-0.1, -0.05) is 60.7 Å². The maximum atomic E-state index is 12.1. The van der Waals surface area contributed by atoms with E-state index in [1.807, 2.05) is 60.7 Å². The third kappa shape index (κ3) is 6.25. The first kappa shape index (κ1) is 19.1. The summed E-state index contributed by atoms with van der Waals surface area (Å²) in [6, 6.07) is 26.6. The van der Waals surface area contributed by atoms with E-state index in [2.05, 4.69) is 10.6 Å². The molecule has 2 amide bonds. The van der Waals surface area contributed by atoms with Gasteiger partial charge in [-0.2, -0.15) is 0 Å². The molecule has 0 radical (unpaired) electrons. The van der Waals surface area contributed by atoms with Crippen LogP contribution in [0.4, 0.5) is 11.4 Å². The Balaban J connectivity index is 1.47. The molecule has 140 valence electrons. The molecular weight excluding hydrogens is 348 g/mol. The Bertz CT molecular complexity index is 933. The molecule has 0 saturated carbocycles. The third-order valence-corrected chi connectivity index (χ3v) is 4.15. The number of carbonyl (C=O) groups is 2. The Hall–Kier alpha value is -3.66. The summed E-state index contributed by atoms with van der Waals surface area (Å²) in [4.78, 5) is 24.1. The molecular formula is C24H22N2O2.